The third-order valence-corrected chi connectivity index (χ3v) is 5.10. The molecular weight excluding hydrogens is 350 g/mol. The van der Waals surface area contributed by atoms with Crippen molar-refractivity contribution < 1.29 is 14.2 Å². The molecule has 0 amide bonds. The Morgan fingerprint density at radius 3 is 2.46 bits per heavy atom. The molecule has 4 nitrogen and oxygen atoms in total. The summed E-state index contributed by atoms with van der Waals surface area (Å²) in [5.41, 5.74) is 3.81. The van der Waals surface area contributed by atoms with Gasteiger partial charge in [-0.25, -0.2) is 0 Å². The van der Waals surface area contributed by atoms with E-state index in [1.165, 1.54) is 16.7 Å². The van der Waals surface area contributed by atoms with Gasteiger partial charge in [-0.2, -0.15) is 0 Å². The SMILES string of the molecule is COc1ccc(CNCC[C@@H](c2ccccc2)c2ccc3c(c2)OCO3)cc1. The first-order valence-electron chi connectivity index (χ1n) is 9.61. The van der Waals surface area contributed by atoms with Crippen LogP contribution in [0.25, 0.3) is 0 Å². The Balaban J connectivity index is 1.42. The Labute approximate surface area is 166 Å². The molecule has 0 radical (unpaired) electrons. The fourth-order valence-electron chi connectivity index (χ4n) is 3.56. The zero-order valence-electron chi connectivity index (χ0n) is 16.1. The lowest BCUT2D eigenvalue weighted by molar-refractivity contribution is 0.174. The van der Waals surface area contributed by atoms with Crippen molar-refractivity contribution in [2.75, 3.05) is 20.4 Å². The van der Waals surface area contributed by atoms with Crippen molar-refractivity contribution in [3.05, 3.63) is 89.5 Å². The van der Waals surface area contributed by atoms with Crippen molar-refractivity contribution in [3.8, 4) is 17.2 Å². The van der Waals surface area contributed by atoms with Crippen LogP contribution in [0.4, 0.5) is 0 Å². The second-order valence-electron chi connectivity index (χ2n) is 6.89. The summed E-state index contributed by atoms with van der Waals surface area (Å²) in [5, 5.41) is 3.56. The molecular formula is C24H25NO3. The predicted molar refractivity (Wildman–Crippen MR) is 110 cm³/mol. The largest absolute Gasteiger partial charge is 0.497 e. The van der Waals surface area contributed by atoms with Crippen molar-refractivity contribution >= 4 is 0 Å². The molecule has 0 saturated carbocycles. The number of methoxy groups -OCH3 is 1. The highest BCUT2D eigenvalue weighted by atomic mass is 16.7. The summed E-state index contributed by atoms with van der Waals surface area (Å²) in [4.78, 5) is 0. The second kappa shape index (κ2) is 8.81. The lowest BCUT2D eigenvalue weighted by Gasteiger charge is -2.19. The Morgan fingerprint density at radius 2 is 1.68 bits per heavy atom. The van der Waals surface area contributed by atoms with Crippen LogP contribution in [0, 0.1) is 0 Å². The van der Waals surface area contributed by atoms with Crippen molar-refractivity contribution in [3.63, 3.8) is 0 Å². The van der Waals surface area contributed by atoms with E-state index in [1.54, 1.807) is 7.11 Å². The van der Waals surface area contributed by atoms with Gasteiger partial charge in [-0.15, -0.1) is 0 Å². The van der Waals surface area contributed by atoms with Crippen LogP contribution in [-0.2, 0) is 6.54 Å². The molecule has 1 N–H and O–H groups in total. The van der Waals surface area contributed by atoms with Crippen molar-refractivity contribution in [1.29, 1.82) is 0 Å². The first-order chi connectivity index (χ1) is 13.8. The van der Waals surface area contributed by atoms with Crippen molar-refractivity contribution in [2.45, 2.75) is 18.9 Å². The summed E-state index contributed by atoms with van der Waals surface area (Å²) < 4.78 is 16.3. The van der Waals surface area contributed by atoms with Crippen LogP contribution in [0.5, 0.6) is 17.2 Å². The summed E-state index contributed by atoms with van der Waals surface area (Å²) in [6.07, 6.45) is 1.000. The van der Waals surface area contributed by atoms with Gasteiger partial charge >= 0.3 is 0 Å². The maximum Gasteiger partial charge on any atom is 0.231 e. The number of fused-ring (bicyclic) bond motifs is 1. The van der Waals surface area contributed by atoms with Gasteiger partial charge < -0.3 is 19.5 Å². The normalized spacial score (nSPS) is 13.3. The van der Waals surface area contributed by atoms with E-state index in [0.29, 0.717) is 12.7 Å². The van der Waals surface area contributed by atoms with E-state index in [1.807, 2.05) is 18.2 Å². The molecule has 0 saturated heterocycles. The van der Waals surface area contributed by atoms with E-state index < -0.39 is 0 Å². The van der Waals surface area contributed by atoms with Crippen LogP contribution in [0.15, 0.2) is 72.8 Å². The lowest BCUT2D eigenvalue weighted by Crippen LogP contribution is -2.17. The fourth-order valence-corrected chi connectivity index (χ4v) is 3.56. The molecule has 0 aliphatic carbocycles. The molecule has 28 heavy (non-hydrogen) atoms. The summed E-state index contributed by atoms with van der Waals surface area (Å²) in [5.74, 6) is 2.85. The Kier molecular flexibility index (Phi) is 5.78. The Hall–Kier alpha value is -2.98. The summed E-state index contributed by atoms with van der Waals surface area (Å²) >= 11 is 0. The summed E-state index contributed by atoms with van der Waals surface area (Å²) in [7, 11) is 1.69. The number of hydrogen-bond donors (Lipinski definition) is 1. The fraction of sp³-hybridized carbons (Fsp3) is 0.250. The van der Waals surface area contributed by atoms with E-state index in [4.69, 9.17) is 14.2 Å². The minimum Gasteiger partial charge on any atom is -0.497 e. The average Bonchev–Trinajstić information content (AvgIpc) is 3.23. The van der Waals surface area contributed by atoms with E-state index in [-0.39, 0.29) is 0 Å². The van der Waals surface area contributed by atoms with Crippen molar-refractivity contribution in [2.24, 2.45) is 0 Å². The Morgan fingerprint density at radius 1 is 0.893 bits per heavy atom. The molecule has 3 aromatic carbocycles. The molecule has 4 rings (SSSR count). The summed E-state index contributed by atoms with van der Waals surface area (Å²) in [6.45, 7) is 2.06. The molecule has 0 spiro atoms. The third kappa shape index (κ3) is 4.29. The highest BCUT2D eigenvalue weighted by Crippen LogP contribution is 2.37. The molecule has 0 unspecified atom stereocenters. The first kappa shape index (κ1) is 18.4. The van der Waals surface area contributed by atoms with Crippen LogP contribution in [0.3, 0.4) is 0 Å². The van der Waals surface area contributed by atoms with E-state index in [2.05, 4.69) is 59.9 Å². The van der Waals surface area contributed by atoms with Gasteiger partial charge in [0.15, 0.2) is 11.5 Å². The number of rotatable bonds is 8. The zero-order valence-corrected chi connectivity index (χ0v) is 16.1. The molecule has 4 heteroatoms. The van der Waals surface area contributed by atoms with E-state index >= 15 is 0 Å². The summed E-state index contributed by atoms with van der Waals surface area (Å²) in [6, 6.07) is 25.1. The second-order valence-corrected chi connectivity index (χ2v) is 6.89. The van der Waals surface area contributed by atoms with Gasteiger partial charge in [0, 0.05) is 12.5 Å². The van der Waals surface area contributed by atoms with E-state index in [9.17, 15) is 0 Å². The van der Waals surface area contributed by atoms with Crippen LogP contribution in [0.1, 0.15) is 29.0 Å². The molecule has 1 aliphatic heterocycles. The topological polar surface area (TPSA) is 39.7 Å². The zero-order chi connectivity index (χ0) is 19.2. The minimum atomic E-state index is 0.304. The van der Waals surface area contributed by atoms with Crippen LogP contribution in [0.2, 0.25) is 0 Å². The van der Waals surface area contributed by atoms with Crippen molar-refractivity contribution in [1.82, 2.24) is 5.32 Å². The monoisotopic (exact) mass is 375 g/mol. The minimum absolute atomic E-state index is 0.304. The lowest BCUT2D eigenvalue weighted by atomic mass is 9.88. The number of nitrogens with one attached hydrogen (secondary N) is 1. The third-order valence-electron chi connectivity index (χ3n) is 5.10. The van der Waals surface area contributed by atoms with Crippen LogP contribution < -0.4 is 19.5 Å². The highest BCUT2D eigenvalue weighted by Gasteiger charge is 2.19. The van der Waals surface area contributed by atoms with Gasteiger partial charge in [0.05, 0.1) is 7.11 Å². The van der Waals surface area contributed by atoms with Gasteiger partial charge in [-0.05, 0) is 53.9 Å². The predicted octanol–water partition coefficient (Wildman–Crippen LogP) is 4.74. The quantitative estimate of drug-likeness (QED) is 0.578. The maximum atomic E-state index is 5.58. The van der Waals surface area contributed by atoms with Crippen LogP contribution >= 0.6 is 0 Å². The molecule has 3 aromatic rings. The number of ether oxygens (including phenoxy) is 3. The highest BCUT2D eigenvalue weighted by molar-refractivity contribution is 5.47. The number of hydrogen-bond acceptors (Lipinski definition) is 4. The number of benzene rings is 3. The maximum absolute atomic E-state index is 5.58. The molecule has 0 bridgehead atoms. The smallest absolute Gasteiger partial charge is 0.231 e. The standard InChI is InChI=1S/C24H25NO3/c1-26-21-10-7-18(8-11-21)16-25-14-13-22(19-5-3-2-4-6-19)20-9-12-23-24(15-20)28-17-27-23/h2-12,15,22,25H,13-14,16-17H2,1H3/t22-/m0/s1. The first-order valence-corrected chi connectivity index (χ1v) is 9.61. The molecule has 1 atom stereocenters. The molecule has 144 valence electrons. The van der Waals surface area contributed by atoms with Gasteiger partial charge in [0.2, 0.25) is 6.79 Å². The average molecular weight is 375 g/mol. The molecule has 1 heterocycles. The molecule has 0 aromatic heterocycles. The van der Waals surface area contributed by atoms with Crippen LogP contribution in [-0.4, -0.2) is 20.4 Å². The van der Waals surface area contributed by atoms with Gasteiger partial charge in [-0.3, -0.25) is 0 Å². The molecule has 1 aliphatic rings. The van der Waals surface area contributed by atoms with Gasteiger partial charge in [-0.1, -0.05) is 48.5 Å². The van der Waals surface area contributed by atoms with Gasteiger partial charge in [0.1, 0.15) is 5.75 Å². The van der Waals surface area contributed by atoms with Gasteiger partial charge in [0.25, 0.3) is 0 Å². The molecule has 0 fully saturated rings. The van der Waals surface area contributed by atoms with E-state index in [0.717, 1.165) is 36.8 Å². The Bertz CT molecular complexity index is 893.